The molecule has 1 fully saturated rings. The quantitative estimate of drug-likeness (QED) is 0.701. The maximum atomic E-state index is 11.5. The van der Waals surface area contributed by atoms with Crippen molar-refractivity contribution in [3.05, 3.63) is 16.9 Å². The van der Waals surface area contributed by atoms with Crippen molar-refractivity contribution in [3.8, 4) is 0 Å². The molecule has 0 N–H and O–H groups in total. The number of esters is 1. The van der Waals surface area contributed by atoms with Gasteiger partial charge >= 0.3 is 5.97 Å². The molecular weight excluding hydrogens is 204 g/mol. The van der Waals surface area contributed by atoms with Gasteiger partial charge in [-0.25, -0.2) is 9.48 Å². The second-order valence-corrected chi connectivity index (χ2v) is 3.91. The summed E-state index contributed by atoms with van der Waals surface area (Å²) in [6, 6.07) is 0. The molecule has 1 heterocycles. The van der Waals surface area contributed by atoms with Gasteiger partial charge < -0.3 is 4.74 Å². The Morgan fingerprint density at radius 2 is 2.36 bits per heavy atom. The molecule has 14 heavy (non-hydrogen) atoms. The number of hydrogen-bond acceptors (Lipinski definition) is 3. The lowest BCUT2D eigenvalue weighted by molar-refractivity contribution is -0.146. The number of ether oxygens (including phenoxy) is 1. The first-order valence-electron chi connectivity index (χ1n) is 4.41. The second kappa shape index (κ2) is 2.98. The minimum Gasteiger partial charge on any atom is -0.467 e. The Morgan fingerprint density at radius 3 is 2.71 bits per heavy atom. The van der Waals surface area contributed by atoms with E-state index in [9.17, 15) is 4.79 Å². The maximum Gasteiger partial charge on any atom is 0.333 e. The molecule has 0 radical (unpaired) electrons. The van der Waals surface area contributed by atoms with E-state index < -0.39 is 5.54 Å². The standard InChI is InChI=1S/C9H11ClN2O2/c1-6-5-11-12(7(6)10)9(3-4-9)8(13)14-2/h5H,3-4H2,1-2H3. The van der Waals surface area contributed by atoms with Crippen molar-refractivity contribution in [2.24, 2.45) is 0 Å². The zero-order chi connectivity index (χ0) is 10.3. The number of methoxy groups -OCH3 is 1. The van der Waals surface area contributed by atoms with Gasteiger partial charge in [-0.3, -0.25) is 0 Å². The van der Waals surface area contributed by atoms with Crippen LogP contribution >= 0.6 is 11.6 Å². The van der Waals surface area contributed by atoms with Gasteiger partial charge in [-0.05, 0) is 19.8 Å². The average molecular weight is 215 g/mol. The smallest absolute Gasteiger partial charge is 0.333 e. The van der Waals surface area contributed by atoms with E-state index in [2.05, 4.69) is 5.10 Å². The van der Waals surface area contributed by atoms with Gasteiger partial charge in [0, 0.05) is 5.56 Å². The topological polar surface area (TPSA) is 44.1 Å². The van der Waals surface area contributed by atoms with Gasteiger partial charge in [0.1, 0.15) is 5.15 Å². The molecule has 0 atom stereocenters. The van der Waals surface area contributed by atoms with Crippen LogP contribution in [0.5, 0.6) is 0 Å². The van der Waals surface area contributed by atoms with Crippen LogP contribution in [0.25, 0.3) is 0 Å². The molecule has 1 aliphatic rings. The molecule has 0 amide bonds. The fourth-order valence-corrected chi connectivity index (χ4v) is 1.78. The number of nitrogens with zero attached hydrogens (tertiary/aromatic N) is 2. The monoisotopic (exact) mass is 214 g/mol. The van der Waals surface area contributed by atoms with Crippen molar-refractivity contribution in [1.82, 2.24) is 9.78 Å². The molecule has 2 rings (SSSR count). The molecule has 1 aromatic rings. The lowest BCUT2D eigenvalue weighted by Crippen LogP contribution is -2.30. The zero-order valence-corrected chi connectivity index (χ0v) is 8.84. The van der Waals surface area contributed by atoms with E-state index >= 15 is 0 Å². The van der Waals surface area contributed by atoms with Crippen LogP contribution in [0.3, 0.4) is 0 Å². The molecule has 0 saturated heterocycles. The van der Waals surface area contributed by atoms with Crippen LogP contribution in [-0.4, -0.2) is 22.9 Å². The molecule has 0 aliphatic heterocycles. The summed E-state index contributed by atoms with van der Waals surface area (Å²) < 4.78 is 6.30. The average Bonchev–Trinajstić information content (AvgIpc) is 2.92. The zero-order valence-electron chi connectivity index (χ0n) is 8.08. The summed E-state index contributed by atoms with van der Waals surface area (Å²) in [5, 5.41) is 4.62. The van der Waals surface area contributed by atoms with Gasteiger partial charge in [0.05, 0.1) is 13.3 Å². The third-order valence-electron chi connectivity index (χ3n) is 2.57. The van der Waals surface area contributed by atoms with E-state index in [0.29, 0.717) is 5.15 Å². The highest BCUT2D eigenvalue weighted by Gasteiger charge is 2.55. The number of halogens is 1. The maximum absolute atomic E-state index is 11.5. The Labute approximate surface area is 86.8 Å². The van der Waals surface area contributed by atoms with E-state index in [1.54, 1.807) is 10.9 Å². The van der Waals surface area contributed by atoms with Crippen LogP contribution in [0.4, 0.5) is 0 Å². The first kappa shape index (κ1) is 9.52. The van der Waals surface area contributed by atoms with E-state index in [1.165, 1.54) is 7.11 Å². The van der Waals surface area contributed by atoms with Gasteiger partial charge in [0.15, 0.2) is 5.54 Å². The van der Waals surface area contributed by atoms with Crippen molar-refractivity contribution in [2.45, 2.75) is 25.3 Å². The third-order valence-corrected chi connectivity index (χ3v) is 3.03. The van der Waals surface area contributed by atoms with Crippen molar-refractivity contribution in [2.75, 3.05) is 7.11 Å². The molecule has 1 aliphatic carbocycles. The van der Waals surface area contributed by atoms with Gasteiger partial charge in [-0.15, -0.1) is 0 Å². The molecule has 1 saturated carbocycles. The van der Waals surface area contributed by atoms with E-state index in [1.807, 2.05) is 6.92 Å². The number of carbonyl (C=O) groups is 1. The summed E-state index contributed by atoms with van der Waals surface area (Å²) in [6.45, 7) is 1.86. The Balaban J connectivity index is 2.40. The van der Waals surface area contributed by atoms with Crippen LogP contribution in [-0.2, 0) is 15.1 Å². The van der Waals surface area contributed by atoms with Gasteiger partial charge in [-0.1, -0.05) is 11.6 Å². The summed E-state index contributed by atoms with van der Waals surface area (Å²) >= 11 is 6.03. The Morgan fingerprint density at radius 1 is 1.71 bits per heavy atom. The molecule has 0 spiro atoms. The molecule has 0 unspecified atom stereocenters. The van der Waals surface area contributed by atoms with Crippen molar-refractivity contribution in [3.63, 3.8) is 0 Å². The number of rotatable bonds is 2. The number of hydrogen-bond donors (Lipinski definition) is 0. The van der Waals surface area contributed by atoms with E-state index in [0.717, 1.165) is 18.4 Å². The Hall–Kier alpha value is -1.03. The highest BCUT2D eigenvalue weighted by Crippen LogP contribution is 2.46. The normalized spacial score (nSPS) is 17.9. The summed E-state index contributed by atoms with van der Waals surface area (Å²) in [7, 11) is 1.38. The summed E-state index contributed by atoms with van der Waals surface area (Å²) in [4.78, 5) is 11.5. The predicted molar refractivity (Wildman–Crippen MR) is 51.2 cm³/mol. The van der Waals surface area contributed by atoms with Crippen LogP contribution in [0.2, 0.25) is 5.15 Å². The first-order chi connectivity index (χ1) is 6.62. The largest absolute Gasteiger partial charge is 0.467 e. The minimum atomic E-state index is -0.625. The number of aryl methyl sites for hydroxylation is 1. The highest BCUT2D eigenvalue weighted by molar-refractivity contribution is 6.30. The van der Waals surface area contributed by atoms with Gasteiger partial charge in [-0.2, -0.15) is 5.10 Å². The predicted octanol–water partition coefficient (Wildman–Crippen LogP) is 1.51. The molecule has 4 nitrogen and oxygen atoms in total. The van der Waals surface area contributed by atoms with Crippen LogP contribution in [0, 0.1) is 6.92 Å². The molecule has 76 valence electrons. The third kappa shape index (κ3) is 1.14. The lowest BCUT2D eigenvalue weighted by atomic mass is 10.3. The summed E-state index contributed by atoms with van der Waals surface area (Å²) in [6.07, 6.45) is 3.16. The SMILES string of the molecule is COC(=O)C1(n2ncc(C)c2Cl)CC1. The van der Waals surface area contributed by atoms with Crippen molar-refractivity contribution < 1.29 is 9.53 Å². The Kier molecular flexibility index (Phi) is 2.03. The van der Waals surface area contributed by atoms with Crippen molar-refractivity contribution in [1.29, 1.82) is 0 Å². The number of carbonyl (C=O) groups excluding carboxylic acids is 1. The minimum absolute atomic E-state index is 0.262. The summed E-state index contributed by atoms with van der Waals surface area (Å²) in [5.41, 5.74) is 0.252. The molecule has 1 aromatic heterocycles. The van der Waals surface area contributed by atoms with E-state index in [4.69, 9.17) is 16.3 Å². The van der Waals surface area contributed by atoms with Crippen LogP contribution < -0.4 is 0 Å². The van der Waals surface area contributed by atoms with E-state index in [-0.39, 0.29) is 5.97 Å². The lowest BCUT2D eigenvalue weighted by Gasteiger charge is -2.14. The van der Waals surface area contributed by atoms with Crippen LogP contribution in [0.1, 0.15) is 18.4 Å². The van der Waals surface area contributed by atoms with Gasteiger partial charge in [0.25, 0.3) is 0 Å². The molecular formula is C9H11ClN2O2. The second-order valence-electron chi connectivity index (χ2n) is 3.55. The fourth-order valence-electron chi connectivity index (χ4n) is 1.52. The van der Waals surface area contributed by atoms with Crippen molar-refractivity contribution >= 4 is 17.6 Å². The van der Waals surface area contributed by atoms with Gasteiger partial charge in [0.2, 0.25) is 0 Å². The Bertz CT molecular complexity index is 382. The molecule has 5 heteroatoms. The number of aromatic nitrogens is 2. The molecule has 0 bridgehead atoms. The molecule has 0 aromatic carbocycles. The fraction of sp³-hybridized carbons (Fsp3) is 0.556. The first-order valence-corrected chi connectivity index (χ1v) is 4.78. The van der Waals surface area contributed by atoms with Crippen LogP contribution in [0.15, 0.2) is 6.20 Å². The summed E-state index contributed by atoms with van der Waals surface area (Å²) in [5.74, 6) is -0.262. The highest BCUT2D eigenvalue weighted by atomic mass is 35.5.